The first-order valence-corrected chi connectivity index (χ1v) is 8.11. The molecule has 0 fully saturated rings. The third kappa shape index (κ3) is 3.06. The van der Waals surface area contributed by atoms with Gasteiger partial charge < -0.3 is 10.6 Å². The van der Waals surface area contributed by atoms with Crippen LogP contribution in [0.2, 0.25) is 0 Å². The van der Waals surface area contributed by atoms with E-state index in [0.29, 0.717) is 24.9 Å². The predicted octanol–water partition coefficient (Wildman–Crippen LogP) is 2.21. The van der Waals surface area contributed by atoms with Crippen molar-refractivity contribution in [3.05, 3.63) is 47.9 Å². The molecule has 25 heavy (non-hydrogen) atoms. The van der Waals surface area contributed by atoms with Gasteiger partial charge in [-0.2, -0.15) is 9.61 Å². The SMILES string of the molecule is Cc1ccc(NCCNc2nc3ccccc3c3nc(C)nn23)nn1. The van der Waals surface area contributed by atoms with Crippen molar-refractivity contribution in [1.82, 2.24) is 29.8 Å². The second-order valence-corrected chi connectivity index (χ2v) is 5.76. The highest BCUT2D eigenvalue weighted by atomic mass is 15.4. The minimum absolute atomic E-state index is 0.662. The fourth-order valence-corrected chi connectivity index (χ4v) is 2.63. The molecular weight excluding hydrogens is 316 g/mol. The van der Waals surface area contributed by atoms with E-state index in [1.165, 1.54) is 0 Å². The molecule has 0 radical (unpaired) electrons. The molecule has 0 bridgehead atoms. The van der Waals surface area contributed by atoms with Crippen molar-refractivity contribution < 1.29 is 0 Å². The Morgan fingerprint density at radius 3 is 2.60 bits per heavy atom. The monoisotopic (exact) mass is 334 g/mol. The maximum absolute atomic E-state index is 4.67. The van der Waals surface area contributed by atoms with Crippen LogP contribution in [-0.4, -0.2) is 42.9 Å². The van der Waals surface area contributed by atoms with Gasteiger partial charge in [-0.15, -0.1) is 10.2 Å². The molecular formula is C17H18N8. The molecule has 0 unspecified atom stereocenters. The van der Waals surface area contributed by atoms with Crippen molar-refractivity contribution in [3.8, 4) is 0 Å². The quantitative estimate of drug-likeness (QED) is 0.540. The Hall–Kier alpha value is -3.29. The van der Waals surface area contributed by atoms with Gasteiger partial charge in [0.15, 0.2) is 5.65 Å². The van der Waals surface area contributed by atoms with Crippen molar-refractivity contribution in [2.75, 3.05) is 23.7 Å². The lowest BCUT2D eigenvalue weighted by Crippen LogP contribution is -2.17. The van der Waals surface area contributed by atoms with Gasteiger partial charge in [0.2, 0.25) is 5.95 Å². The summed E-state index contributed by atoms with van der Waals surface area (Å²) in [6.45, 7) is 5.13. The minimum Gasteiger partial charge on any atom is -0.367 e. The van der Waals surface area contributed by atoms with E-state index in [9.17, 15) is 0 Å². The van der Waals surface area contributed by atoms with Crippen LogP contribution in [0.25, 0.3) is 16.6 Å². The number of nitrogens with zero attached hydrogens (tertiary/aromatic N) is 6. The van der Waals surface area contributed by atoms with E-state index in [4.69, 9.17) is 0 Å². The molecule has 0 spiro atoms. The zero-order chi connectivity index (χ0) is 17.2. The number of hydrogen-bond acceptors (Lipinski definition) is 7. The summed E-state index contributed by atoms with van der Waals surface area (Å²) in [6, 6.07) is 11.8. The van der Waals surface area contributed by atoms with Gasteiger partial charge in [0.1, 0.15) is 11.6 Å². The highest BCUT2D eigenvalue weighted by Gasteiger charge is 2.11. The summed E-state index contributed by atoms with van der Waals surface area (Å²) < 4.78 is 1.75. The average molecular weight is 334 g/mol. The molecule has 1 aromatic carbocycles. The van der Waals surface area contributed by atoms with Crippen molar-refractivity contribution in [2.24, 2.45) is 0 Å². The minimum atomic E-state index is 0.662. The number of aromatic nitrogens is 6. The number of hydrogen-bond donors (Lipinski definition) is 2. The maximum Gasteiger partial charge on any atom is 0.226 e. The summed E-state index contributed by atoms with van der Waals surface area (Å²) in [5, 5.41) is 20.1. The van der Waals surface area contributed by atoms with Crippen LogP contribution in [0.5, 0.6) is 0 Å². The largest absolute Gasteiger partial charge is 0.367 e. The number of rotatable bonds is 5. The van der Waals surface area contributed by atoms with E-state index in [2.05, 4.69) is 35.9 Å². The number of para-hydroxylation sites is 1. The van der Waals surface area contributed by atoms with E-state index in [1.54, 1.807) is 4.52 Å². The van der Waals surface area contributed by atoms with E-state index in [0.717, 1.165) is 28.1 Å². The lowest BCUT2D eigenvalue weighted by molar-refractivity contribution is 0.893. The molecule has 3 heterocycles. The number of fused-ring (bicyclic) bond motifs is 3. The van der Waals surface area contributed by atoms with Gasteiger partial charge in [-0.25, -0.2) is 9.97 Å². The topological polar surface area (TPSA) is 92.9 Å². The Bertz CT molecular complexity index is 1020. The van der Waals surface area contributed by atoms with Gasteiger partial charge in [0, 0.05) is 18.5 Å². The second kappa shape index (κ2) is 6.31. The molecule has 0 aliphatic rings. The van der Waals surface area contributed by atoms with Gasteiger partial charge in [0.05, 0.1) is 11.2 Å². The van der Waals surface area contributed by atoms with Crippen LogP contribution in [0.1, 0.15) is 11.5 Å². The Morgan fingerprint density at radius 1 is 0.920 bits per heavy atom. The van der Waals surface area contributed by atoms with Crippen LogP contribution in [0.3, 0.4) is 0 Å². The molecule has 4 aromatic rings. The third-order valence-electron chi connectivity index (χ3n) is 3.80. The predicted molar refractivity (Wildman–Crippen MR) is 96.8 cm³/mol. The zero-order valence-corrected chi connectivity index (χ0v) is 14.1. The highest BCUT2D eigenvalue weighted by Crippen LogP contribution is 2.20. The average Bonchev–Trinajstić information content (AvgIpc) is 3.02. The van der Waals surface area contributed by atoms with Crippen LogP contribution in [0, 0.1) is 13.8 Å². The first-order valence-electron chi connectivity index (χ1n) is 8.11. The molecule has 2 N–H and O–H groups in total. The lowest BCUT2D eigenvalue weighted by Gasteiger charge is -2.10. The molecule has 0 saturated heterocycles. The Morgan fingerprint density at radius 2 is 1.76 bits per heavy atom. The number of anilines is 2. The van der Waals surface area contributed by atoms with E-state index >= 15 is 0 Å². The third-order valence-corrected chi connectivity index (χ3v) is 3.80. The fourth-order valence-electron chi connectivity index (χ4n) is 2.63. The van der Waals surface area contributed by atoms with Crippen molar-refractivity contribution in [3.63, 3.8) is 0 Å². The number of benzene rings is 1. The Kier molecular flexibility index (Phi) is 3.85. The van der Waals surface area contributed by atoms with Crippen molar-refractivity contribution in [2.45, 2.75) is 13.8 Å². The highest BCUT2D eigenvalue weighted by molar-refractivity contribution is 5.92. The van der Waals surface area contributed by atoms with Crippen molar-refractivity contribution in [1.29, 1.82) is 0 Å². The summed E-state index contributed by atoms with van der Waals surface area (Å²) in [6.07, 6.45) is 0. The summed E-state index contributed by atoms with van der Waals surface area (Å²) in [7, 11) is 0. The molecule has 4 rings (SSSR count). The molecule has 8 nitrogen and oxygen atoms in total. The van der Waals surface area contributed by atoms with Crippen LogP contribution in [-0.2, 0) is 0 Å². The normalized spacial score (nSPS) is 11.1. The summed E-state index contributed by atoms with van der Waals surface area (Å²) in [4.78, 5) is 9.19. The van der Waals surface area contributed by atoms with Crippen molar-refractivity contribution >= 4 is 28.3 Å². The van der Waals surface area contributed by atoms with Gasteiger partial charge in [-0.3, -0.25) is 0 Å². The summed E-state index contributed by atoms with van der Waals surface area (Å²) in [5.74, 6) is 2.14. The molecule has 126 valence electrons. The molecule has 0 saturated carbocycles. The molecule has 0 atom stereocenters. The molecule has 0 amide bonds. The number of nitrogens with one attached hydrogen (secondary N) is 2. The standard InChI is InChI=1S/C17H18N8/c1-11-7-8-15(23-22-11)18-9-10-19-17-21-14-6-4-3-5-13(14)16-20-12(2)24-25(16)17/h3-8H,9-10H2,1-2H3,(H,18,23)(H,19,21). The molecule has 3 aromatic heterocycles. The van der Waals surface area contributed by atoms with Gasteiger partial charge in [0.25, 0.3) is 0 Å². The van der Waals surface area contributed by atoms with E-state index < -0.39 is 0 Å². The summed E-state index contributed by atoms with van der Waals surface area (Å²) >= 11 is 0. The van der Waals surface area contributed by atoms with Crippen LogP contribution < -0.4 is 10.6 Å². The van der Waals surface area contributed by atoms with Crippen LogP contribution in [0.15, 0.2) is 36.4 Å². The van der Waals surface area contributed by atoms with E-state index in [1.807, 2.05) is 50.2 Å². The Labute approximate surface area is 144 Å². The van der Waals surface area contributed by atoms with Gasteiger partial charge >= 0.3 is 0 Å². The fraction of sp³-hybridized carbons (Fsp3) is 0.235. The molecule has 0 aliphatic heterocycles. The molecule has 8 heteroatoms. The lowest BCUT2D eigenvalue weighted by atomic mass is 10.2. The second-order valence-electron chi connectivity index (χ2n) is 5.76. The van der Waals surface area contributed by atoms with Gasteiger partial charge in [-0.1, -0.05) is 12.1 Å². The maximum atomic E-state index is 4.67. The van der Waals surface area contributed by atoms with Gasteiger partial charge in [-0.05, 0) is 38.1 Å². The summed E-state index contributed by atoms with van der Waals surface area (Å²) in [5.41, 5.74) is 2.60. The first kappa shape index (κ1) is 15.3. The smallest absolute Gasteiger partial charge is 0.226 e. The number of aryl methyl sites for hydroxylation is 2. The zero-order valence-electron chi connectivity index (χ0n) is 14.1. The van der Waals surface area contributed by atoms with Crippen LogP contribution >= 0.6 is 0 Å². The Balaban J connectivity index is 1.53. The first-order chi connectivity index (χ1) is 12.2. The van der Waals surface area contributed by atoms with Crippen LogP contribution in [0.4, 0.5) is 11.8 Å². The molecule has 0 aliphatic carbocycles. The van der Waals surface area contributed by atoms with E-state index in [-0.39, 0.29) is 0 Å².